The molecule has 1 aromatic heterocycles. The Hall–Kier alpha value is -1.90. The highest BCUT2D eigenvalue weighted by Crippen LogP contribution is 2.23. The smallest absolute Gasteiger partial charge is 0.241 e. The van der Waals surface area contributed by atoms with Crippen molar-refractivity contribution in [2.24, 2.45) is 0 Å². The summed E-state index contributed by atoms with van der Waals surface area (Å²) in [6.45, 7) is 1.38. The Bertz CT molecular complexity index is 698. The van der Waals surface area contributed by atoms with Gasteiger partial charge in [-0.25, -0.2) is 18.1 Å². The van der Waals surface area contributed by atoms with Crippen LogP contribution in [0.5, 0.6) is 5.75 Å². The van der Waals surface area contributed by atoms with E-state index >= 15 is 0 Å². The summed E-state index contributed by atoms with van der Waals surface area (Å²) < 4.78 is 32.2. The Morgan fingerprint density at radius 2 is 2.24 bits per heavy atom. The number of imidazole rings is 1. The molecule has 8 heteroatoms. The van der Waals surface area contributed by atoms with Gasteiger partial charge in [0.1, 0.15) is 11.6 Å². The van der Waals surface area contributed by atoms with E-state index in [1.54, 1.807) is 19.3 Å². The van der Waals surface area contributed by atoms with E-state index in [1.807, 2.05) is 0 Å². The molecule has 2 aromatic rings. The zero-order chi connectivity index (χ0) is 15.5. The zero-order valence-electron chi connectivity index (χ0n) is 11.7. The number of hydrogen-bond donors (Lipinski definition) is 3. The van der Waals surface area contributed by atoms with Crippen LogP contribution in [0.15, 0.2) is 35.5 Å². The van der Waals surface area contributed by atoms with Gasteiger partial charge < -0.3 is 14.8 Å². The minimum atomic E-state index is -3.72. The van der Waals surface area contributed by atoms with Crippen molar-refractivity contribution in [3.05, 3.63) is 42.0 Å². The lowest BCUT2D eigenvalue weighted by molar-refractivity contribution is 0.273. The maximum atomic E-state index is 12.3. The second-order valence-corrected chi connectivity index (χ2v) is 6.16. The Morgan fingerprint density at radius 1 is 1.48 bits per heavy atom. The van der Waals surface area contributed by atoms with E-state index < -0.39 is 16.1 Å². The summed E-state index contributed by atoms with van der Waals surface area (Å²) in [6.07, 6.45) is 3.18. The van der Waals surface area contributed by atoms with Crippen LogP contribution in [0, 0.1) is 0 Å². The largest absolute Gasteiger partial charge is 0.496 e. The van der Waals surface area contributed by atoms with Crippen LogP contribution in [0.2, 0.25) is 0 Å². The third-order valence-corrected chi connectivity index (χ3v) is 4.53. The molecule has 0 aliphatic heterocycles. The second kappa shape index (κ2) is 6.25. The topological polar surface area (TPSA) is 104 Å². The molecule has 0 bridgehead atoms. The molecule has 1 unspecified atom stereocenters. The van der Waals surface area contributed by atoms with Crippen molar-refractivity contribution in [1.29, 1.82) is 0 Å². The summed E-state index contributed by atoms with van der Waals surface area (Å²) >= 11 is 0. The molecular weight excluding hydrogens is 294 g/mol. The number of aromatic nitrogens is 2. The van der Waals surface area contributed by atoms with Gasteiger partial charge in [0, 0.05) is 18.0 Å². The van der Waals surface area contributed by atoms with Crippen molar-refractivity contribution in [3.63, 3.8) is 0 Å². The SMILES string of the molecule is COc1ccc(S(=O)(=O)NC(C)c2ncc[nH]2)cc1CO. The van der Waals surface area contributed by atoms with Gasteiger partial charge in [0.15, 0.2) is 0 Å². The molecule has 3 N–H and O–H groups in total. The van der Waals surface area contributed by atoms with Crippen molar-refractivity contribution in [1.82, 2.24) is 14.7 Å². The molecule has 0 aliphatic carbocycles. The molecule has 0 amide bonds. The molecule has 114 valence electrons. The Kier molecular flexibility index (Phi) is 4.61. The van der Waals surface area contributed by atoms with Crippen LogP contribution < -0.4 is 9.46 Å². The first-order valence-corrected chi connectivity index (χ1v) is 7.75. The molecule has 1 aromatic carbocycles. The number of H-pyrrole nitrogens is 1. The van der Waals surface area contributed by atoms with E-state index in [-0.39, 0.29) is 11.5 Å². The molecular formula is C13H17N3O4S. The Balaban J connectivity index is 2.27. The molecule has 1 heterocycles. The summed E-state index contributed by atoms with van der Waals surface area (Å²) in [5.74, 6) is 0.963. The van der Waals surface area contributed by atoms with Crippen molar-refractivity contribution >= 4 is 10.0 Å². The molecule has 0 saturated heterocycles. The molecule has 0 saturated carbocycles. The minimum absolute atomic E-state index is 0.0609. The number of ether oxygens (including phenoxy) is 1. The maximum absolute atomic E-state index is 12.3. The van der Waals surface area contributed by atoms with E-state index in [2.05, 4.69) is 14.7 Å². The molecule has 0 spiro atoms. The van der Waals surface area contributed by atoms with Crippen molar-refractivity contribution < 1.29 is 18.3 Å². The average Bonchev–Trinajstić information content (AvgIpc) is 3.00. The molecule has 2 rings (SSSR count). The van der Waals surface area contributed by atoms with Crippen molar-refractivity contribution in [2.45, 2.75) is 24.5 Å². The van der Waals surface area contributed by atoms with Gasteiger partial charge in [-0.2, -0.15) is 0 Å². The third kappa shape index (κ3) is 3.41. The van der Waals surface area contributed by atoms with E-state index in [1.165, 1.54) is 25.3 Å². The van der Waals surface area contributed by atoms with Crippen LogP contribution in [-0.4, -0.2) is 30.6 Å². The third-order valence-electron chi connectivity index (χ3n) is 2.99. The number of nitrogens with zero attached hydrogens (tertiary/aromatic N) is 1. The number of methoxy groups -OCH3 is 1. The zero-order valence-corrected chi connectivity index (χ0v) is 12.5. The van der Waals surface area contributed by atoms with Crippen LogP contribution in [0.4, 0.5) is 0 Å². The Labute approximate surface area is 123 Å². The molecule has 21 heavy (non-hydrogen) atoms. The molecule has 7 nitrogen and oxygen atoms in total. The van der Waals surface area contributed by atoms with Gasteiger partial charge in [-0.15, -0.1) is 0 Å². The number of aliphatic hydroxyl groups excluding tert-OH is 1. The van der Waals surface area contributed by atoms with Crippen molar-refractivity contribution in [2.75, 3.05) is 7.11 Å². The fourth-order valence-electron chi connectivity index (χ4n) is 1.92. The maximum Gasteiger partial charge on any atom is 0.241 e. The fourth-order valence-corrected chi connectivity index (χ4v) is 3.17. The lowest BCUT2D eigenvalue weighted by Gasteiger charge is -2.14. The van der Waals surface area contributed by atoms with Crippen LogP contribution >= 0.6 is 0 Å². The summed E-state index contributed by atoms with van der Waals surface area (Å²) in [5.41, 5.74) is 0.408. The lowest BCUT2D eigenvalue weighted by atomic mass is 10.2. The quantitative estimate of drug-likeness (QED) is 0.737. The number of benzene rings is 1. The first kappa shape index (κ1) is 15.5. The van der Waals surface area contributed by atoms with Gasteiger partial charge in [0.05, 0.1) is 24.7 Å². The highest BCUT2D eigenvalue weighted by atomic mass is 32.2. The second-order valence-electron chi connectivity index (χ2n) is 4.45. The summed E-state index contributed by atoms with van der Waals surface area (Å²) in [5, 5.41) is 9.26. The monoisotopic (exact) mass is 311 g/mol. The van der Waals surface area contributed by atoms with Gasteiger partial charge in [-0.1, -0.05) is 0 Å². The fraction of sp³-hybridized carbons (Fsp3) is 0.308. The van der Waals surface area contributed by atoms with Gasteiger partial charge in [-0.05, 0) is 25.1 Å². The van der Waals surface area contributed by atoms with E-state index in [0.29, 0.717) is 17.1 Å². The number of rotatable bonds is 6. The summed E-state index contributed by atoms with van der Waals surface area (Å²) in [6, 6.07) is 3.83. The number of hydrogen-bond acceptors (Lipinski definition) is 5. The average molecular weight is 311 g/mol. The van der Waals surface area contributed by atoms with Crippen LogP contribution in [0.3, 0.4) is 0 Å². The van der Waals surface area contributed by atoms with Crippen LogP contribution in [-0.2, 0) is 16.6 Å². The Morgan fingerprint density at radius 3 is 2.81 bits per heavy atom. The summed E-state index contributed by atoms with van der Waals surface area (Å²) in [7, 11) is -2.26. The number of aromatic amines is 1. The predicted octanol–water partition coefficient (Wildman–Crippen LogP) is 0.950. The highest BCUT2D eigenvalue weighted by molar-refractivity contribution is 7.89. The first-order chi connectivity index (χ1) is 9.97. The summed E-state index contributed by atoms with van der Waals surface area (Å²) in [4.78, 5) is 6.93. The lowest BCUT2D eigenvalue weighted by Crippen LogP contribution is -2.27. The molecule has 0 aliphatic rings. The normalized spacial score (nSPS) is 13.1. The van der Waals surface area contributed by atoms with Gasteiger partial charge in [0.25, 0.3) is 0 Å². The highest BCUT2D eigenvalue weighted by Gasteiger charge is 2.20. The van der Waals surface area contributed by atoms with E-state index in [9.17, 15) is 13.5 Å². The number of sulfonamides is 1. The van der Waals surface area contributed by atoms with E-state index in [0.717, 1.165) is 0 Å². The van der Waals surface area contributed by atoms with Gasteiger partial charge >= 0.3 is 0 Å². The predicted molar refractivity (Wildman–Crippen MR) is 76.2 cm³/mol. The molecule has 0 radical (unpaired) electrons. The van der Waals surface area contributed by atoms with Gasteiger partial charge in [0.2, 0.25) is 10.0 Å². The standard InChI is InChI=1S/C13H17N3O4S/c1-9(13-14-5-6-15-13)16-21(18,19)11-3-4-12(20-2)10(7-11)8-17/h3-7,9,16-17H,8H2,1-2H3,(H,14,15). The van der Waals surface area contributed by atoms with E-state index in [4.69, 9.17) is 4.74 Å². The minimum Gasteiger partial charge on any atom is -0.496 e. The van der Waals surface area contributed by atoms with Crippen LogP contribution in [0.25, 0.3) is 0 Å². The number of aliphatic hydroxyl groups is 1. The molecule has 0 fully saturated rings. The first-order valence-electron chi connectivity index (χ1n) is 6.27. The van der Waals surface area contributed by atoms with Crippen molar-refractivity contribution in [3.8, 4) is 5.75 Å². The molecule has 1 atom stereocenters. The van der Waals surface area contributed by atoms with Gasteiger partial charge in [-0.3, -0.25) is 0 Å². The van der Waals surface area contributed by atoms with Crippen LogP contribution in [0.1, 0.15) is 24.4 Å². The number of nitrogens with one attached hydrogen (secondary N) is 2.